The Labute approximate surface area is 140 Å². The molecule has 1 aromatic heterocycles. The third kappa shape index (κ3) is 2.52. The Morgan fingerprint density at radius 2 is 1.71 bits per heavy atom. The number of nitrogens with zero attached hydrogens (tertiary/aromatic N) is 2. The third-order valence-corrected chi connectivity index (χ3v) is 3.83. The molecule has 0 radical (unpaired) electrons. The first-order chi connectivity index (χ1) is 11.7. The highest BCUT2D eigenvalue weighted by atomic mass is 16.5. The van der Waals surface area contributed by atoms with Crippen molar-refractivity contribution in [2.45, 2.75) is 6.54 Å². The first-order valence-corrected chi connectivity index (χ1v) is 7.42. The average molecular weight is 322 g/mol. The van der Waals surface area contributed by atoms with E-state index < -0.39 is 0 Å². The van der Waals surface area contributed by atoms with Crippen LogP contribution in [-0.4, -0.2) is 30.9 Å². The van der Waals surface area contributed by atoms with Gasteiger partial charge in [0.1, 0.15) is 5.82 Å². The van der Waals surface area contributed by atoms with Gasteiger partial charge < -0.3 is 18.8 Å². The molecule has 0 aliphatic rings. The summed E-state index contributed by atoms with van der Waals surface area (Å²) in [5.74, 6) is 5.14. The van der Waals surface area contributed by atoms with Crippen LogP contribution in [0.3, 0.4) is 0 Å². The summed E-state index contributed by atoms with van der Waals surface area (Å²) in [6.07, 6.45) is 5.55. The number of aromatic nitrogens is 2. The quantitative estimate of drug-likeness (QED) is 0.676. The van der Waals surface area contributed by atoms with Gasteiger partial charge >= 0.3 is 0 Å². The van der Waals surface area contributed by atoms with Crippen molar-refractivity contribution in [3.05, 3.63) is 36.4 Å². The van der Waals surface area contributed by atoms with Crippen LogP contribution in [0.5, 0.6) is 17.2 Å². The number of methoxy groups -OCH3 is 3. The fourth-order valence-electron chi connectivity index (χ4n) is 2.76. The van der Waals surface area contributed by atoms with Gasteiger partial charge in [0.2, 0.25) is 5.75 Å². The monoisotopic (exact) mass is 322 g/mol. The van der Waals surface area contributed by atoms with Crippen molar-refractivity contribution < 1.29 is 14.2 Å². The van der Waals surface area contributed by atoms with Gasteiger partial charge in [-0.3, -0.25) is 0 Å². The van der Waals surface area contributed by atoms with E-state index in [1.807, 2.05) is 41.0 Å². The number of benzene rings is 2. The number of para-hydroxylation sites is 2. The van der Waals surface area contributed by atoms with E-state index >= 15 is 0 Å². The van der Waals surface area contributed by atoms with Gasteiger partial charge in [-0.15, -0.1) is 6.42 Å². The zero-order valence-electron chi connectivity index (χ0n) is 13.9. The van der Waals surface area contributed by atoms with Crippen LogP contribution >= 0.6 is 0 Å². The number of fused-ring (bicyclic) bond motifs is 1. The molecule has 3 aromatic rings. The molecule has 0 saturated carbocycles. The number of terminal acetylenes is 1. The van der Waals surface area contributed by atoms with Crippen LogP contribution in [0.4, 0.5) is 0 Å². The Morgan fingerprint density at radius 3 is 2.29 bits per heavy atom. The molecule has 5 heteroatoms. The van der Waals surface area contributed by atoms with Crippen molar-refractivity contribution in [3.63, 3.8) is 0 Å². The molecule has 3 rings (SSSR count). The van der Waals surface area contributed by atoms with Gasteiger partial charge in [-0.05, 0) is 24.3 Å². The van der Waals surface area contributed by atoms with E-state index in [2.05, 4.69) is 5.92 Å². The zero-order chi connectivity index (χ0) is 17.1. The predicted octanol–water partition coefficient (Wildman–Crippen LogP) is 3.36. The molecule has 0 amide bonds. The van der Waals surface area contributed by atoms with E-state index in [1.54, 1.807) is 21.3 Å². The molecule has 0 saturated heterocycles. The van der Waals surface area contributed by atoms with Crippen molar-refractivity contribution >= 4 is 11.0 Å². The van der Waals surface area contributed by atoms with Gasteiger partial charge in [0.15, 0.2) is 11.5 Å². The highest BCUT2D eigenvalue weighted by Crippen LogP contribution is 2.41. The summed E-state index contributed by atoms with van der Waals surface area (Å²) in [5.41, 5.74) is 2.71. The first-order valence-electron chi connectivity index (χ1n) is 7.42. The Bertz CT molecular complexity index is 897. The van der Waals surface area contributed by atoms with Gasteiger partial charge in [-0.25, -0.2) is 4.98 Å². The second-order valence-corrected chi connectivity index (χ2v) is 5.13. The van der Waals surface area contributed by atoms with Gasteiger partial charge in [-0.2, -0.15) is 0 Å². The predicted molar refractivity (Wildman–Crippen MR) is 93.7 cm³/mol. The summed E-state index contributed by atoms with van der Waals surface area (Å²) in [6.45, 7) is 0.423. The third-order valence-electron chi connectivity index (χ3n) is 3.83. The smallest absolute Gasteiger partial charge is 0.203 e. The van der Waals surface area contributed by atoms with Crippen LogP contribution < -0.4 is 14.2 Å². The van der Waals surface area contributed by atoms with Crippen LogP contribution in [0.1, 0.15) is 0 Å². The maximum atomic E-state index is 5.55. The molecule has 122 valence electrons. The lowest BCUT2D eigenvalue weighted by atomic mass is 10.1. The van der Waals surface area contributed by atoms with Gasteiger partial charge in [0.25, 0.3) is 0 Å². The van der Waals surface area contributed by atoms with Crippen molar-refractivity contribution in [3.8, 4) is 41.0 Å². The lowest BCUT2D eigenvalue weighted by molar-refractivity contribution is 0.324. The summed E-state index contributed by atoms with van der Waals surface area (Å²) in [5, 5.41) is 0. The highest BCUT2D eigenvalue weighted by molar-refractivity contribution is 5.81. The molecule has 0 aliphatic carbocycles. The van der Waals surface area contributed by atoms with Crippen LogP contribution in [-0.2, 0) is 6.54 Å². The minimum Gasteiger partial charge on any atom is -0.493 e. The number of hydrogen-bond donors (Lipinski definition) is 0. The van der Waals surface area contributed by atoms with E-state index in [4.69, 9.17) is 25.6 Å². The Balaban J connectivity index is 2.27. The normalized spacial score (nSPS) is 10.4. The topological polar surface area (TPSA) is 45.5 Å². The van der Waals surface area contributed by atoms with E-state index in [0.29, 0.717) is 23.8 Å². The minimum absolute atomic E-state index is 0.423. The average Bonchev–Trinajstić information content (AvgIpc) is 2.99. The maximum Gasteiger partial charge on any atom is 0.203 e. The van der Waals surface area contributed by atoms with Gasteiger partial charge in [0.05, 0.1) is 38.9 Å². The molecule has 0 bridgehead atoms. The standard InChI is InChI=1S/C19H18N2O3/c1-5-10-21-15-9-7-6-8-14(15)20-19(21)13-11-16(22-2)18(24-4)17(12-13)23-3/h1,6-9,11-12H,10H2,2-4H3. The van der Waals surface area contributed by atoms with E-state index in [0.717, 1.165) is 22.4 Å². The highest BCUT2D eigenvalue weighted by Gasteiger charge is 2.18. The first kappa shape index (κ1) is 15.8. The molecule has 0 N–H and O–H groups in total. The Morgan fingerprint density at radius 1 is 1.04 bits per heavy atom. The summed E-state index contributed by atoms with van der Waals surface area (Å²) in [6, 6.07) is 11.6. The number of hydrogen-bond acceptors (Lipinski definition) is 4. The van der Waals surface area contributed by atoms with Crippen LogP contribution in [0.2, 0.25) is 0 Å². The molecular weight excluding hydrogens is 304 g/mol. The lowest BCUT2D eigenvalue weighted by Gasteiger charge is -2.14. The number of ether oxygens (including phenoxy) is 3. The zero-order valence-corrected chi connectivity index (χ0v) is 13.9. The van der Waals surface area contributed by atoms with E-state index in [9.17, 15) is 0 Å². The summed E-state index contributed by atoms with van der Waals surface area (Å²) in [4.78, 5) is 4.72. The molecule has 2 aromatic carbocycles. The molecule has 24 heavy (non-hydrogen) atoms. The van der Waals surface area contributed by atoms with Gasteiger partial charge in [-0.1, -0.05) is 18.1 Å². The van der Waals surface area contributed by atoms with Crippen molar-refractivity contribution in [2.75, 3.05) is 21.3 Å². The van der Waals surface area contributed by atoms with E-state index in [-0.39, 0.29) is 0 Å². The summed E-state index contributed by atoms with van der Waals surface area (Å²) < 4.78 is 18.2. The Kier molecular flexibility index (Phi) is 4.30. The molecule has 0 aliphatic heterocycles. The van der Waals surface area contributed by atoms with E-state index in [1.165, 1.54) is 0 Å². The van der Waals surface area contributed by atoms with Gasteiger partial charge in [0, 0.05) is 5.56 Å². The van der Waals surface area contributed by atoms with Crippen molar-refractivity contribution in [1.82, 2.24) is 9.55 Å². The minimum atomic E-state index is 0.423. The summed E-state index contributed by atoms with van der Waals surface area (Å²) in [7, 11) is 4.75. The Hall–Kier alpha value is -3.13. The fraction of sp³-hybridized carbons (Fsp3) is 0.211. The molecule has 0 atom stereocenters. The molecule has 0 spiro atoms. The fourth-order valence-corrected chi connectivity index (χ4v) is 2.76. The number of imidazole rings is 1. The summed E-state index contributed by atoms with van der Waals surface area (Å²) >= 11 is 0. The van der Waals surface area contributed by atoms with Crippen LogP contribution in [0.25, 0.3) is 22.4 Å². The largest absolute Gasteiger partial charge is 0.493 e. The van der Waals surface area contributed by atoms with Crippen molar-refractivity contribution in [2.24, 2.45) is 0 Å². The number of rotatable bonds is 5. The molecule has 1 heterocycles. The van der Waals surface area contributed by atoms with Crippen LogP contribution in [0.15, 0.2) is 36.4 Å². The van der Waals surface area contributed by atoms with Crippen molar-refractivity contribution in [1.29, 1.82) is 0 Å². The molecule has 0 fully saturated rings. The second-order valence-electron chi connectivity index (χ2n) is 5.13. The molecular formula is C19H18N2O3. The maximum absolute atomic E-state index is 5.55. The van der Waals surface area contributed by atoms with Crippen LogP contribution in [0, 0.1) is 12.3 Å². The molecule has 0 unspecified atom stereocenters. The lowest BCUT2D eigenvalue weighted by Crippen LogP contribution is -2.01. The molecule has 5 nitrogen and oxygen atoms in total. The second kappa shape index (κ2) is 6.55. The SMILES string of the molecule is C#CCn1c(-c2cc(OC)c(OC)c(OC)c2)nc2ccccc21.